The molecule has 4 aromatic rings. The van der Waals surface area contributed by atoms with Crippen LogP contribution < -0.4 is 11.0 Å². The molecule has 0 saturated carbocycles. The van der Waals surface area contributed by atoms with Gasteiger partial charge in [0.05, 0.1) is 17.6 Å². The highest BCUT2D eigenvalue weighted by Gasteiger charge is 2.20. The van der Waals surface area contributed by atoms with Gasteiger partial charge in [-0.3, -0.25) is 19.4 Å². The van der Waals surface area contributed by atoms with Crippen LogP contribution in [0.4, 0.5) is 0 Å². The topological polar surface area (TPSA) is 92.7 Å². The van der Waals surface area contributed by atoms with Gasteiger partial charge in [0.1, 0.15) is 16.8 Å². The zero-order valence-corrected chi connectivity index (χ0v) is 18.3. The summed E-state index contributed by atoms with van der Waals surface area (Å²) in [5.41, 5.74) is 2.84. The smallest absolute Gasteiger partial charge is 0.267 e. The third-order valence-electron chi connectivity index (χ3n) is 5.45. The zero-order valence-electron chi connectivity index (χ0n) is 18.3. The molecule has 164 valence electrons. The number of amides is 1. The predicted molar refractivity (Wildman–Crippen MR) is 122 cm³/mol. The van der Waals surface area contributed by atoms with Crippen molar-refractivity contribution in [2.45, 2.75) is 20.0 Å². The third-order valence-corrected chi connectivity index (χ3v) is 5.45. The SMILES string of the molecule is COCCn1c(=N)c(C(=O)N(C)Cc2ccc(C)cc2)cc2c(=O)n3ccccc3nc21. The van der Waals surface area contributed by atoms with E-state index in [2.05, 4.69) is 4.98 Å². The Morgan fingerprint density at radius 2 is 1.94 bits per heavy atom. The second-order valence-corrected chi connectivity index (χ2v) is 7.78. The summed E-state index contributed by atoms with van der Waals surface area (Å²) in [7, 11) is 3.26. The van der Waals surface area contributed by atoms with Crippen LogP contribution in [0.2, 0.25) is 0 Å². The molecule has 32 heavy (non-hydrogen) atoms. The summed E-state index contributed by atoms with van der Waals surface area (Å²) in [6.45, 7) is 3.02. The summed E-state index contributed by atoms with van der Waals surface area (Å²) in [5.74, 6) is -0.332. The summed E-state index contributed by atoms with van der Waals surface area (Å²) in [6, 6.07) is 14.7. The van der Waals surface area contributed by atoms with E-state index < -0.39 is 0 Å². The predicted octanol–water partition coefficient (Wildman–Crippen LogP) is 2.36. The number of fused-ring (bicyclic) bond motifs is 2. The van der Waals surface area contributed by atoms with Gasteiger partial charge in [0.15, 0.2) is 0 Å². The average molecular weight is 431 g/mol. The standard InChI is InChI=1S/C24H25N5O3/c1-16-7-9-17(10-8-16)15-27(2)23(30)18-14-19-22(29(21(18)25)12-13-32-3)26-20-6-4-5-11-28(20)24(19)31/h4-11,14,25H,12-13,15H2,1-3H3. The van der Waals surface area contributed by atoms with Gasteiger partial charge in [-0.15, -0.1) is 0 Å². The van der Waals surface area contributed by atoms with Crippen molar-refractivity contribution in [3.05, 3.63) is 87.3 Å². The average Bonchev–Trinajstić information content (AvgIpc) is 2.79. The molecule has 1 amide bonds. The Labute approximate surface area is 184 Å². The minimum atomic E-state index is -0.332. The highest BCUT2D eigenvalue weighted by Crippen LogP contribution is 2.13. The van der Waals surface area contributed by atoms with E-state index in [1.54, 1.807) is 48.0 Å². The highest BCUT2D eigenvalue weighted by molar-refractivity contribution is 5.96. The van der Waals surface area contributed by atoms with Crippen molar-refractivity contribution in [1.29, 1.82) is 5.41 Å². The van der Waals surface area contributed by atoms with Crippen LogP contribution in [-0.4, -0.2) is 45.5 Å². The van der Waals surface area contributed by atoms with Gasteiger partial charge in [-0.1, -0.05) is 35.9 Å². The van der Waals surface area contributed by atoms with E-state index in [1.807, 2.05) is 31.2 Å². The van der Waals surface area contributed by atoms with Crippen LogP contribution in [0.3, 0.4) is 0 Å². The Morgan fingerprint density at radius 3 is 2.66 bits per heavy atom. The Balaban J connectivity index is 1.85. The van der Waals surface area contributed by atoms with Gasteiger partial charge in [0.2, 0.25) is 0 Å². The van der Waals surface area contributed by atoms with Gasteiger partial charge in [0.25, 0.3) is 11.5 Å². The molecule has 0 saturated heterocycles. The lowest BCUT2D eigenvalue weighted by molar-refractivity contribution is 0.0782. The quantitative estimate of drug-likeness (QED) is 0.475. The van der Waals surface area contributed by atoms with Crippen LogP contribution in [-0.2, 0) is 17.8 Å². The molecule has 8 nitrogen and oxygen atoms in total. The van der Waals surface area contributed by atoms with Crippen molar-refractivity contribution >= 4 is 22.6 Å². The maximum absolute atomic E-state index is 13.3. The molecule has 0 atom stereocenters. The van der Waals surface area contributed by atoms with E-state index >= 15 is 0 Å². The molecule has 1 N–H and O–H groups in total. The number of nitrogens with one attached hydrogen (secondary N) is 1. The normalized spacial score (nSPS) is 11.2. The largest absolute Gasteiger partial charge is 0.383 e. The number of aromatic nitrogens is 3. The maximum Gasteiger partial charge on any atom is 0.267 e. The molecule has 4 rings (SSSR count). The number of hydrogen-bond donors (Lipinski definition) is 1. The van der Waals surface area contributed by atoms with E-state index in [0.717, 1.165) is 11.1 Å². The van der Waals surface area contributed by atoms with Gasteiger partial charge in [-0.2, -0.15) is 0 Å². The monoisotopic (exact) mass is 431 g/mol. The van der Waals surface area contributed by atoms with Gasteiger partial charge >= 0.3 is 0 Å². The summed E-state index contributed by atoms with van der Waals surface area (Å²) in [5, 5.41) is 9.01. The highest BCUT2D eigenvalue weighted by atomic mass is 16.5. The Morgan fingerprint density at radius 1 is 1.19 bits per heavy atom. The summed E-state index contributed by atoms with van der Waals surface area (Å²) >= 11 is 0. The molecular weight excluding hydrogens is 406 g/mol. The number of carbonyl (C=O) groups excluding carboxylic acids is 1. The lowest BCUT2D eigenvalue weighted by atomic mass is 10.1. The van der Waals surface area contributed by atoms with E-state index in [9.17, 15) is 9.59 Å². The lowest BCUT2D eigenvalue weighted by Gasteiger charge is -2.19. The van der Waals surface area contributed by atoms with Crippen molar-refractivity contribution in [2.75, 3.05) is 20.8 Å². The van der Waals surface area contributed by atoms with Crippen molar-refractivity contribution in [3.63, 3.8) is 0 Å². The number of aryl methyl sites for hydroxylation is 1. The molecule has 8 heteroatoms. The molecule has 3 heterocycles. The summed E-state index contributed by atoms with van der Waals surface area (Å²) in [6.07, 6.45) is 1.64. The Bertz CT molecular complexity index is 1420. The van der Waals surface area contributed by atoms with E-state index in [0.29, 0.717) is 31.0 Å². The second kappa shape index (κ2) is 8.76. The van der Waals surface area contributed by atoms with E-state index in [1.165, 1.54) is 10.5 Å². The molecule has 1 aromatic carbocycles. The number of benzene rings is 1. The number of ether oxygens (including phenoxy) is 1. The molecule has 0 fully saturated rings. The zero-order chi connectivity index (χ0) is 22.8. The molecule has 0 aliphatic heterocycles. The van der Waals surface area contributed by atoms with Crippen LogP contribution >= 0.6 is 0 Å². The van der Waals surface area contributed by atoms with Gasteiger partial charge in [-0.05, 0) is 30.7 Å². The lowest BCUT2D eigenvalue weighted by Crippen LogP contribution is -2.36. The van der Waals surface area contributed by atoms with Crippen LogP contribution in [0.15, 0.2) is 59.5 Å². The number of pyridine rings is 2. The Hall–Kier alpha value is -3.78. The summed E-state index contributed by atoms with van der Waals surface area (Å²) in [4.78, 5) is 32.6. The first-order valence-electron chi connectivity index (χ1n) is 10.3. The second-order valence-electron chi connectivity index (χ2n) is 7.78. The Kier molecular flexibility index (Phi) is 5.87. The van der Waals surface area contributed by atoms with Crippen LogP contribution in [0.25, 0.3) is 16.7 Å². The molecule has 0 radical (unpaired) electrons. The number of hydrogen-bond acceptors (Lipinski definition) is 5. The third kappa shape index (κ3) is 3.92. The molecule has 0 aliphatic rings. The number of methoxy groups -OCH3 is 1. The first-order valence-corrected chi connectivity index (χ1v) is 10.3. The minimum Gasteiger partial charge on any atom is -0.383 e. The fourth-order valence-electron chi connectivity index (χ4n) is 3.70. The number of carbonyl (C=O) groups is 1. The first kappa shape index (κ1) is 21.5. The number of nitrogens with zero attached hydrogens (tertiary/aromatic N) is 4. The molecule has 0 unspecified atom stereocenters. The first-order chi connectivity index (χ1) is 15.4. The number of rotatable bonds is 6. The molecule has 0 spiro atoms. The van der Waals surface area contributed by atoms with Crippen LogP contribution in [0.5, 0.6) is 0 Å². The fourth-order valence-corrected chi connectivity index (χ4v) is 3.70. The van der Waals surface area contributed by atoms with Crippen molar-refractivity contribution < 1.29 is 9.53 Å². The van der Waals surface area contributed by atoms with Crippen molar-refractivity contribution in [2.24, 2.45) is 0 Å². The van der Waals surface area contributed by atoms with Crippen molar-refractivity contribution in [1.82, 2.24) is 18.9 Å². The summed E-state index contributed by atoms with van der Waals surface area (Å²) < 4.78 is 8.20. The maximum atomic E-state index is 13.3. The van der Waals surface area contributed by atoms with E-state index in [-0.39, 0.29) is 27.9 Å². The van der Waals surface area contributed by atoms with Crippen LogP contribution in [0, 0.1) is 12.3 Å². The molecular formula is C24H25N5O3. The van der Waals surface area contributed by atoms with E-state index in [4.69, 9.17) is 10.1 Å². The van der Waals surface area contributed by atoms with Gasteiger partial charge in [0, 0.05) is 33.4 Å². The van der Waals surface area contributed by atoms with Crippen molar-refractivity contribution in [3.8, 4) is 0 Å². The van der Waals surface area contributed by atoms with Crippen LogP contribution in [0.1, 0.15) is 21.5 Å². The fraction of sp³-hybridized carbons (Fsp3) is 0.250. The van der Waals surface area contributed by atoms with Gasteiger partial charge < -0.3 is 14.2 Å². The van der Waals surface area contributed by atoms with Gasteiger partial charge in [-0.25, -0.2) is 4.98 Å². The molecule has 3 aromatic heterocycles. The molecule has 0 bridgehead atoms. The minimum absolute atomic E-state index is 0.00230. The molecule has 0 aliphatic carbocycles.